The maximum atomic E-state index is 6.18. The van der Waals surface area contributed by atoms with Crippen molar-refractivity contribution in [1.82, 2.24) is 4.98 Å². The zero-order valence-corrected chi connectivity index (χ0v) is 16.4. The van der Waals surface area contributed by atoms with Crippen molar-refractivity contribution in [3.05, 3.63) is 48.0 Å². The van der Waals surface area contributed by atoms with E-state index in [1.165, 1.54) is 11.3 Å². The average Bonchev–Trinajstić information content (AvgIpc) is 3.06. The Labute approximate surface area is 161 Å². The standard InChI is InChI=1S/C19H20N2O3S2/c1-22-14-6-4-13(5-7-14)17-18(20)26-19(21-17)25-11-12-8-15(23-2)10-16(9-12)24-3/h4-10H,11,20H2,1-3H3. The molecule has 0 spiro atoms. The SMILES string of the molecule is COc1ccc(-c2nc(SCc3cc(OC)cc(OC)c3)sc2N)cc1. The molecule has 5 nitrogen and oxygen atoms in total. The molecule has 0 atom stereocenters. The normalized spacial score (nSPS) is 10.6. The summed E-state index contributed by atoms with van der Waals surface area (Å²) in [5, 5.41) is 0.709. The molecular formula is C19H20N2O3S2. The molecule has 3 aromatic rings. The number of aromatic nitrogens is 1. The second-order valence-corrected chi connectivity index (χ2v) is 7.68. The Morgan fingerprint density at radius 3 is 2.12 bits per heavy atom. The molecule has 7 heteroatoms. The number of thiazole rings is 1. The molecule has 0 aliphatic rings. The molecule has 0 amide bonds. The van der Waals surface area contributed by atoms with Gasteiger partial charge in [0.25, 0.3) is 0 Å². The summed E-state index contributed by atoms with van der Waals surface area (Å²) in [7, 11) is 4.94. The Bertz CT molecular complexity index is 857. The molecule has 0 saturated heterocycles. The summed E-state index contributed by atoms with van der Waals surface area (Å²) < 4.78 is 16.8. The van der Waals surface area contributed by atoms with E-state index in [2.05, 4.69) is 4.98 Å². The van der Waals surface area contributed by atoms with Gasteiger partial charge in [0, 0.05) is 17.4 Å². The number of methoxy groups -OCH3 is 3. The van der Waals surface area contributed by atoms with Crippen molar-refractivity contribution in [1.29, 1.82) is 0 Å². The molecule has 2 aromatic carbocycles. The lowest BCUT2D eigenvalue weighted by Crippen LogP contribution is -1.90. The summed E-state index contributed by atoms with van der Waals surface area (Å²) in [6.07, 6.45) is 0. The van der Waals surface area contributed by atoms with Crippen LogP contribution in [0.2, 0.25) is 0 Å². The summed E-state index contributed by atoms with van der Waals surface area (Å²) in [6, 6.07) is 13.6. The maximum absolute atomic E-state index is 6.18. The highest BCUT2D eigenvalue weighted by molar-refractivity contribution is 8.00. The topological polar surface area (TPSA) is 66.6 Å². The van der Waals surface area contributed by atoms with Crippen molar-refractivity contribution < 1.29 is 14.2 Å². The first-order valence-electron chi connectivity index (χ1n) is 7.88. The van der Waals surface area contributed by atoms with Gasteiger partial charge in [-0.15, -0.1) is 0 Å². The van der Waals surface area contributed by atoms with Crippen molar-refractivity contribution in [2.75, 3.05) is 27.1 Å². The van der Waals surface area contributed by atoms with E-state index >= 15 is 0 Å². The first-order chi connectivity index (χ1) is 12.6. The van der Waals surface area contributed by atoms with Crippen molar-refractivity contribution in [3.63, 3.8) is 0 Å². The highest BCUT2D eigenvalue weighted by Crippen LogP contribution is 2.37. The molecule has 2 N–H and O–H groups in total. The van der Waals surface area contributed by atoms with Crippen LogP contribution in [0, 0.1) is 0 Å². The van der Waals surface area contributed by atoms with E-state index in [0.717, 1.165) is 44.2 Å². The lowest BCUT2D eigenvalue weighted by atomic mass is 10.1. The van der Waals surface area contributed by atoms with Crippen LogP contribution in [0.5, 0.6) is 17.2 Å². The van der Waals surface area contributed by atoms with Crippen molar-refractivity contribution in [2.45, 2.75) is 10.1 Å². The van der Waals surface area contributed by atoms with Crippen LogP contribution < -0.4 is 19.9 Å². The minimum absolute atomic E-state index is 0.709. The molecular weight excluding hydrogens is 368 g/mol. The fraction of sp³-hybridized carbons (Fsp3) is 0.211. The number of thioether (sulfide) groups is 1. The lowest BCUT2D eigenvalue weighted by molar-refractivity contribution is 0.393. The maximum Gasteiger partial charge on any atom is 0.152 e. The van der Waals surface area contributed by atoms with Gasteiger partial charge in [0.1, 0.15) is 27.9 Å². The fourth-order valence-electron chi connectivity index (χ4n) is 2.42. The van der Waals surface area contributed by atoms with E-state index in [4.69, 9.17) is 19.9 Å². The molecule has 0 aliphatic carbocycles. The number of nitrogen functional groups attached to an aromatic ring is 1. The molecule has 136 valence electrons. The average molecular weight is 389 g/mol. The largest absolute Gasteiger partial charge is 0.497 e. The van der Waals surface area contributed by atoms with E-state index in [-0.39, 0.29) is 0 Å². The molecule has 26 heavy (non-hydrogen) atoms. The first-order valence-corrected chi connectivity index (χ1v) is 9.68. The van der Waals surface area contributed by atoms with Crippen LogP contribution in [0.3, 0.4) is 0 Å². The van der Waals surface area contributed by atoms with Gasteiger partial charge in [-0.1, -0.05) is 23.1 Å². The number of nitrogens with zero attached hydrogens (tertiary/aromatic N) is 1. The van der Waals surface area contributed by atoms with Crippen LogP contribution in [0.4, 0.5) is 5.00 Å². The van der Waals surface area contributed by atoms with Crippen LogP contribution in [0.1, 0.15) is 5.56 Å². The van der Waals surface area contributed by atoms with Crippen molar-refractivity contribution in [2.24, 2.45) is 0 Å². The van der Waals surface area contributed by atoms with Gasteiger partial charge in [-0.2, -0.15) is 0 Å². The third kappa shape index (κ3) is 4.23. The summed E-state index contributed by atoms with van der Waals surface area (Å²) >= 11 is 3.14. The van der Waals surface area contributed by atoms with Crippen molar-refractivity contribution >= 4 is 28.1 Å². The molecule has 0 unspecified atom stereocenters. The van der Waals surface area contributed by atoms with E-state index in [9.17, 15) is 0 Å². The minimum Gasteiger partial charge on any atom is -0.497 e. The van der Waals surface area contributed by atoms with Crippen LogP contribution in [0.25, 0.3) is 11.3 Å². The van der Waals surface area contributed by atoms with Gasteiger partial charge >= 0.3 is 0 Å². The Morgan fingerprint density at radius 2 is 1.54 bits per heavy atom. The smallest absolute Gasteiger partial charge is 0.152 e. The molecule has 0 aliphatic heterocycles. The predicted molar refractivity (Wildman–Crippen MR) is 108 cm³/mol. The summed E-state index contributed by atoms with van der Waals surface area (Å²) in [4.78, 5) is 4.69. The minimum atomic E-state index is 0.709. The van der Waals surface area contributed by atoms with E-state index in [1.807, 2.05) is 42.5 Å². The predicted octanol–water partition coefficient (Wildman–Crippen LogP) is 4.71. The lowest BCUT2D eigenvalue weighted by Gasteiger charge is -2.07. The molecule has 1 aromatic heterocycles. The Balaban J connectivity index is 1.75. The van der Waals surface area contributed by atoms with E-state index < -0.39 is 0 Å². The number of hydrogen-bond acceptors (Lipinski definition) is 7. The van der Waals surface area contributed by atoms with E-state index in [0.29, 0.717) is 5.00 Å². The van der Waals surface area contributed by atoms with Gasteiger partial charge < -0.3 is 19.9 Å². The summed E-state index contributed by atoms with van der Waals surface area (Å²) in [5.74, 6) is 3.11. The number of nitrogens with two attached hydrogens (primary N) is 1. The summed E-state index contributed by atoms with van der Waals surface area (Å²) in [5.41, 5.74) is 9.07. The number of hydrogen-bond donors (Lipinski definition) is 1. The quantitative estimate of drug-likeness (QED) is 0.591. The Kier molecular flexibility index (Phi) is 5.90. The summed E-state index contributed by atoms with van der Waals surface area (Å²) in [6.45, 7) is 0. The third-order valence-electron chi connectivity index (χ3n) is 3.77. The van der Waals surface area contributed by atoms with Gasteiger partial charge in [0.15, 0.2) is 4.34 Å². The van der Waals surface area contributed by atoms with Crippen LogP contribution in [-0.2, 0) is 5.75 Å². The van der Waals surface area contributed by atoms with Gasteiger partial charge in [-0.25, -0.2) is 4.98 Å². The van der Waals surface area contributed by atoms with Crippen molar-refractivity contribution in [3.8, 4) is 28.5 Å². The van der Waals surface area contributed by atoms with Crippen LogP contribution in [0.15, 0.2) is 46.8 Å². The highest BCUT2D eigenvalue weighted by Gasteiger charge is 2.12. The first kappa shape index (κ1) is 18.4. The number of ether oxygens (including phenoxy) is 3. The number of rotatable bonds is 7. The third-order valence-corrected chi connectivity index (χ3v) is 5.87. The van der Waals surface area contributed by atoms with Gasteiger partial charge in [0.05, 0.1) is 21.3 Å². The molecule has 3 rings (SSSR count). The van der Waals surface area contributed by atoms with E-state index in [1.54, 1.807) is 33.1 Å². The molecule has 0 radical (unpaired) electrons. The second-order valence-electron chi connectivity index (χ2n) is 5.43. The second kappa shape index (κ2) is 8.33. The van der Waals surface area contributed by atoms with Gasteiger partial charge in [0.2, 0.25) is 0 Å². The molecule has 0 bridgehead atoms. The molecule has 1 heterocycles. The van der Waals surface area contributed by atoms with Crippen LogP contribution in [-0.4, -0.2) is 26.3 Å². The monoisotopic (exact) mass is 388 g/mol. The Morgan fingerprint density at radius 1 is 0.923 bits per heavy atom. The zero-order valence-electron chi connectivity index (χ0n) is 14.8. The van der Waals surface area contributed by atoms with Crippen LogP contribution >= 0.6 is 23.1 Å². The van der Waals surface area contributed by atoms with Gasteiger partial charge in [-0.05, 0) is 42.0 Å². The Hall–Kier alpha value is -2.38. The number of anilines is 1. The zero-order chi connectivity index (χ0) is 18.5. The molecule has 0 fully saturated rings. The number of benzene rings is 2. The molecule has 0 saturated carbocycles. The fourth-order valence-corrected chi connectivity index (χ4v) is 4.30. The highest BCUT2D eigenvalue weighted by atomic mass is 32.2. The van der Waals surface area contributed by atoms with Gasteiger partial charge in [-0.3, -0.25) is 0 Å².